The number of aromatic nitrogens is 1. The highest BCUT2D eigenvalue weighted by Crippen LogP contribution is 2.29. The van der Waals surface area contributed by atoms with E-state index in [4.69, 9.17) is 9.47 Å². The molecule has 3 N–H and O–H groups in total. The van der Waals surface area contributed by atoms with Crippen molar-refractivity contribution in [2.75, 3.05) is 39.3 Å². The van der Waals surface area contributed by atoms with Gasteiger partial charge < -0.3 is 39.9 Å². The Morgan fingerprint density at radius 1 is 0.979 bits per heavy atom. The Labute approximate surface area is 277 Å². The number of fused-ring (bicyclic) bond motifs is 1. The number of benzene rings is 1. The topological polar surface area (TPSA) is 188 Å². The van der Waals surface area contributed by atoms with Crippen molar-refractivity contribution in [2.24, 2.45) is 0 Å². The molecule has 3 aliphatic rings. The van der Waals surface area contributed by atoms with Crippen LogP contribution in [-0.2, 0) is 23.9 Å². The van der Waals surface area contributed by atoms with Crippen LogP contribution in [0.15, 0.2) is 24.3 Å². The Morgan fingerprint density at radius 2 is 1.69 bits per heavy atom. The van der Waals surface area contributed by atoms with Gasteiger partial charge in [-0.2, -0.15) is 0 Å². The number of amides is 5. The molecule has 3 atom stereocenters. The number of carboxylic acid groups (broad SMARTS) is 1. The first kappa shape index (κ1) is 34.4. The van der Waals surface area contributed by atoms with Gasteiger partial charge in [0.05, 0.1) is 18.5 Å². The van der Waals surface area contributed by atoms with E-state index in [1.54, 1.807) is 26.0 Å². The number of hydrogen-bond donors (Lipinski definition) is 3. The molecule has 3 heterocycles. The third-order valence-electron chi connectivity index (χ3n) is 8.67. The van der Waals surface area contributed by atoms with Crippen molar-refractivity contribution in [1.82, 2.24) is 30.3 Å². The Morgan fingerprint density at radius 3 is 2.35 bits per heavy atom. The molecule has 3 fully saturated rings. The molecule has 2 unspecified atom stereocenters. The number of nitrogens with one attached hydrogen (secondary N) is 2. The van der Waals surface area contributed by atoms with Gasteiger partial charge in [0.1, 0.15) is 23.5 Å². The zero-order valence-electron chi connectivity index (χ0n) is 27.4. The molecule has 15 nitrogen and oxygen atoms in total. The number of aryl methyl sites for hydroxylation is 1. The van der Waals surface area contributed by atoms with Crippen molar-refractivity contribution in [1.29, 1.82) is 0 Å². The maximum atomic E-state index is 13.6. The maximum Gasteiger partial charge on any atom is 0.409 e. The Balaban J connectivity index is 1.32. The minimum Gasteiger partial charge on any atom is -0.481 e. The van der Waals surface area contributed by atoms with E-state index in [-0.39, 0.29) is 62.1 Å². The van der Waals surface area contributed by atoms with Gasteiger partial charge in [-0.05, 0) is 64.2 Å². The van der Waals surface area contributed by atoms with Gasteiger partial charge in [0.15, 0.2) is 6.10 Å². The summed E-state index contributed by atoms with van der Waals surface area (Å²) in [6, 6.07) is 4.90. The molecule has 258 valence electrons. The van der Waals surface area contributed by atoms with Crippen molar-refractivity contribution in [3.8, 4) is 5.75 Å². The molecule has 1 saturated carbocycles. The molecule has 0 radical (unpaired) electrons. The highest BCUT2D eigenvalue weighted by atomic mass is 16.6. The quantitative estimate of drug-likeness (QED) is 0.317. The Kier molecular flexibility index (Phi) is 10.6. The van der Waals surface area contributed by atoms with E-state index in [0.29, 0.717) is 30.3 Å². The summed E-state index contributed by atoms with van der Waals surface area (Å²) in [5, 5.41) is 15.6. The average molecular weight is 667 g/mol. The largest absolute Gasteiger partial charge is 0.481 e. The van der Waals surface area contributed by atoms with E-state index >= 15 is 0 Å². The van der Waals surface area contributed by atoms with Crippen LogP contribution in [0.25, 0.3) is 10.9 Å². The molecule has 2 aliphatic heterocycles. The lowest BCUT2D eigenvalue weighted by molar-refractivity contribution is -0.143. The van der Waals surface area contributed by atoms with Crippen LogP contribution >= 0.6 is 0 Å². The van der Waals surface area contributed by atoms with Gasteiger partial charge in [-0.15, -0.1) is 0 Å². The van der Waals surface area contributed by atoms with Gasteiger partial charge in [-0.3, -0.25) is 24.0 Å². The van der Waals surface area contributed by atoms with E-state index in [1.807, 2.05) is 13.0 Å². The zero-order valence-corrected chi connectivity index (χ0v) is 27.4. The average Bonchev–Trinajstić information content (AvgIpc) is 3.73. The third kappa shape index (κ3) is 8.12. The van der Waals surface area contributed by atoms with Crippen LogP contribution in [0, 0.1) is 6.92 Å². The fraction of sp³-hybridized carbons (Fsp3) is 0.545. The molecule has 15 heteroatoms. The third-order valence-corrected chi connectivity index (χ3v) is 8.67. The molecular weight excluding hydrogens is 624 g/mol. The molecule has 2 saturated heterocycles. The van der Waals surface area contributed by atoms with E-state index < -0.39 is 48.5 Å². The first-order valence-electron chi connectivity index (χ1n) is 16.4. The summed E-state index contributed by atoms with van der Waals surface area (Å²) in [5.74, 6) is -3.02. The lowest BCUT2D eigenvalue weighted by atomic mass is 10.1. The molecule has 48 heavy (non-hydrogen) atoms. The highest BCUT2D eigenvalue weighted by molar-refractivity contribution is 6.00. The summed E-state index contributed by atoms with van der Waals surface area (Å²) in [7, 11) is 0. The fourth-order valence-electron chi connectivity index (χ4n) is 5.97. The fourth-order valence-corrected chi connectivity index (χ4v) is 5.97. The monoisotopic (exact) mass is 666 g/mol. The van der Waals surface area contributed by atoms with Crippen LogP contribution in [0.3, 0.4) is 0 Å². The number of carbonyl (C=O) groups excluding carboxylic acids is 5. The van der Waals surface area contributed by atoms with Crippen molar-refractivity contribution < 1.29 is 43.3 Å². The number of aliphatic carboxylic acids is 1. The van der Waals surface area contributed by atoms with Gasteiger partial charge in [0.2, 0.25) is 11.8 Å². The predicted molar refractivity (Wildman–Crippen MR) is 171 cm³/mol. The predicted octanol–water partition coefficient (Wildman–Crippen LogP) is 1.45. The summed E-state index contributed by atoms with van der Waals surface area (Å²) in [5.41, 5.74) is 1.11. The summed E-state index contributed by atoms with van der Waals surface area (Å²) >= 11 is 0. The number of hydrogen-bond acceptors (Lipinski definition) is 9. The van der Waals surface area contributed by atoms with Gasteiger partial charge in [0, 0.05) is 50.2 Å². The second-order valence-electron chi connectivity index (χ2n) is 12.4. The van der Waals surface area contributed by atoms with Crippen LogP contribution in [0.5, 0.6) is 5.75 Å². The molecular formula is C33H42N6O9. The van der Waals surface area contributed by atoms with Crippen LogP contribution in [0.2, 0.25) is 0 Å². The molecule has 5 rings (SSSR count). The maximum absolute atomic E-state index is 13.6. The number of likely N-dealkylation sites (tertiary alicyclic amines) is 1. The van der Waals surface area contributed by atoms with Crippen molar-refractivity contribution >= 4 is 46.6 Å². The van der Waals surface area contributed by atoms with Crippen LogP contribution in [-0.4, -0.2) is 124 Å². The summed E-state index contributed by atoms with van der Waals surface area (Å²) < 4.78 is 11.2. The molecule has 0 spiro atoms. The first-order valence-corrected chi connectivity index (χ1v) is 16.4. The smallest absolute Gasteiger partial charge is 0.409 e. The highest BCUT2D eigenvalue weighted by Gasteiger charge is 2.39. The molecule has 1 aromatic heterocycles. The molecule has 5 amide bonds. The molecule has 2 aromatic rings. The minimum absolute atomic E-state index is 0.138. The second kappa shape index (κ2) is 14.9. The minimum atomic E-state index is -1.40. The van der Waals surface area contributed by atoms with Gasteiger partial charge in [-0.25, -0.2) is 9.78 Å². The number of rotatable bonds is 11. The number of piperazine rings is 1. The molecule has 0 bridgehead atoms. The van der Waals surface area contributed by atoms with Crippen molar-refractivity contribution in [3.05, 3.63) is 35.5 Å². The van der Waals surface area contributed by atoms with E-state index in [9.17, 15) is 33.9 Å². The number of pyridine rings is 1. The van der Waals surface area contributed by atoms with Crippen LogP contribution < -0.4 is 15.4 Å². The standard InChI is InChI=1S/C33H42N6O9/c1-4-47-33(46)38-14-12-37(13-15-38)32(45)25(18-28(40)41)36-29(42)24-17-27(22-10-7-19(2)16-23(22)35-24)48-20(3)31(44)39-11-5-6-26(39)30(43)34-21-8-9-21/h7,10,16-17,20-21,25-26H,4-6,8-9,11-15,18H2,1-3H3,(H,34,43)(H,36,42)(H,40,41)/t20-,25?,26?/m1/s1. The summed E-state index contributed by atoms with van der Waals surface area (Å²) in [6.07, 6.45) is 0.972. The van der Waals surface area contributed by atoms with Gasteiger partial charge in [0.25, 0.3) is 11.8 Å². The van der Waals surface area contributed by atoms with Crippen LogP contribution in [0.1, 0.15) is 62.0 Å². The van der Waals surface area contributed by atoms with Gasteiger partial charge in [-0.1, -0.05) is 6.07 Å². The number of carboxylic acids is 1. The second-order valence-corrected chi connectivity index (χ2v) is 12.4. The first-order chi connectivity index (χ1) is 22.9. The SMILES string of the molecule is CCOC(=O)N1CCN(C(=O)C(CC(=O)O)NC(=O)c2cc(O[C@H](C)C(=O)N3CCCC3C(=O)NC3CC3)c3ccc(C)cc3n2)CC1. The van der Waals surface area contributed by atoms with Crippen molar-refractivity contribution in [3.63, 3.8) is 0 Å². The number of ether oxygens (including phenoxy) is 2. The normalized spacial score (nSPS) is 19.0. The lowest BCUT2D eigenvalue weighted by Gasteiger charge is -2.35. The Bertz CT molecular complexity index is 1590. The number of nitrogens with zero attached hydrogens (tertiary/aromatic N) is 4. The van der Waals surface area contributed by atoms with E-state index in [1.165, 1.54) is 20.8 Å². The van der Waals surface area contributed by atoms with Crippen molar-refractivity contribution in [2.45, 2.75) is 77.1 Å². The van der Waals surface area contributed by atoms with Gasteiger partial charge >= 0.3 is 12.1 Å². The molecule has 1 aliphatic carbocycles. The van der Waals surface area contributed by atoms with Crippen LogP contribution in [0.4, 0.5) is 4.79 Å². The zero-order chi connectivity index (χ0) is 34.5. The summed E-state index contributed by atoms with van der Waals surface area (Å²) in [6.45, 7) is 6.45. The Hall–Kier alpha value is -4.95. The molecule has 1 aromatic carbocycles. The summed E-state index contributed by atoms with van der Waals surface area (Å²) in [4.78, 5) is 86.0. The van der Waals surface area contributed by atoms with E-state index in [2.05, 4.69) is 15.6 Å². The van der Waals surface area contributed by atoms with E-state index in [0.717, 1.165) is 18.4 Å². The lowest BCUT2D eigenvalue weighted by Crippen LogP contribution is -2.56. The number of carbonyl (C=O) groups is 6.